The molecule has 0 atom stereocenters. The van der Waals surface area contributed by atoms with E-state index in [1.807, 2.05) is 38.6 Å². The van der Waals surface area contributed by atoms with E-state index < -0.39 is 0 Å². The zero-order valence-electron chi connectivity index (χ0n) is 17.2. The van der Waals surface area contributed by atoms with Gasteiger partial charge in [-0.15, -0.1) is 0 Å². The molecular weight excluding hydrogens is 368 g/mol. The number of nitrogens with one attached hydrogen (secondary N) is 2. The summed E-state index contributed by atoms with van der Waals surface area (Å²) in [6, 6.07) is 8.84. The van der Waals surface area contributed by atoms with Gasteiger partial charge in [-0.3, -0.25) is 14.3 Å². The zero-order chi connectivity index (χ0) is 21.0. The number of furan rings is 1. The van der Waals surface area contributed by atoms with Gasteiger partial charge in [0.2, 0.25) is 5.91 Å². The molecule has 0 aliphatic rings. The lowest BCUT2D eigenvalue weighted by atomic mass is 10.1. The molecule has 152 valence electrons. The maximum Gasteiger partial charge on any atom is 0.251 e. The Morgan fingerprint density at radius 1 is 1.17 bits per heavy atom. The Hall–Kier alpha value is -3.35. The summed E-state index contributed by atoms with van der Waals surface area (Å²) in [6.45, 7) is 6.16. The SMILES string of the molecule is Cc1ccc(C(=O)NCc2ccco2)cc1NC(=O)CCc1c(C)nn(C)c1C. The third-order valence-corrected chi connectivity index (χ3v) is 5.04. The second-order valence-electron chi connectivity index (χ2n) is 7.11. The number of carbonyl (C=O) groups excluding carboxylic acids is 2. The standard InChI is InChI=1S/C22H26N4O3/c1-14-7-8-17(22(28)23-13-18-6-5-11-29-18)12-20(14)24-21(27)10-9-19-15(2)25-26(4)16(19)3/h5-8,11-12H,9-10,13H2,1-4H3,(H,23,28)(H,24,27). The molecule has 0 radical (unpaired) electrons. The topological polar surface area (TPSA) is 89.2 Å². The Labute approximate surface area is 170 Å². The normalized spacial score (nSPS) is 10.8. The molecule has 2 amide bonds. The predicted molar refractivity (Wildman–Crippen MR) is 111 cm³/mol. The summed E-state index contributed by atoms with van der Waals surface area (Å²) in [4.78, 5) is 24.9. The van der Waals surface area contributed by atoms with Gasteiger partial charge in [-0.2, -0.15) is 5.10 Å². The molecule has 2 aromatic heterocycles. The van der Waals surface area contributed by atoms with Crippen molar-refractivity contribution in [1.29, 1.82) is 0 Å². The Bertz CT molecular complexity index is 1020. The molecule has 0 aliphatic carbocycles. The van der Waals surface area contributed by atoms with Crippen LogP contribution in [0.2, 0.25) is 0 Å². The number of hydrogen-bond acceptors (Lipinski definition) is 4. The molecule has 3 aromatic rings. The summed E-state index contributed by atoms with van der Waals surface area (Å²) in [5.74, 6) is 0.363. The molecular formula is C22H26N4O3. The molecule has 0 saturated heterocycles. The first-order valence-corrected chi connectivity index (χ1v) is 9.55. The number of rotatable bonds is 7. The number of carbonyl (C=O) groups is 2. The van der Waals surface area contributed by atoms with E-state index >= 15 is 0 Å². The Balaban J connectivity index is 1.61. The van der Waals surface area contributed by atoms with Crippen molar-refractivity contribution in [2.45, 2.75) is 40.2 Å². The number of aromatic nitrogens is 2. The summed E-state index contributed by atoms with van der Waals surface area (Å²) in [7, 11) is 1.90. The summed E-state index contributed by atoms with van der Waals surface area (Å²) in [5.41, 5.74) is 5.14. The number of nitrogens with zero attached hydrogens (tertiary/aromatic N) is 2. The minimum atomic E-state index is -0.224. The van der Waals surface area contributed by atoms with Crippen LogP contribution < -0.4 is 10.6 Å². The van der Waals surface area contributed by atoms with Crippen LogP contribution >= 0.6 is 0 Å². The van der Waals surface area contributed by atoms with Crippen molar-refractivity contribution in [1.82, 2.24) is 15.1 Å². The molecule has 1 aromatic carbocycles. The molecule has 0 spiro atoms. The molecule has 2 heterocycles. The third-order valence-electron chi connectivity index (χ3n) is 5.04. The average molecular weight is 394 g/mol. The molecule has 29 heavy (non-hydrogen) atoms. The molecule has 0 unspecified atom stereocenters. The second kappa shape index (κ2) is 8.77. The maximum atomic E-state index is 12.5. The molecule has 3 rings (SSSR count). The highest BCUT2D eigenvalue weighted by Crippen LogP contribution is 2.19. The van der Waals surface area contributed by atoms with E-state index in [-0.39, 0.29) is 11.8 Å². The van der Waals surface area contributed by atoms with Gasteiger partial charge < -0.3 is 15.1 Å². The van der Waals surface area contributed by atoms with Crippen molar-refractivity contribution >= 4 is 17.5 Å². The first kappa shape index (κ1) is 20.4. The van der Waals surface area contributed by atoms with Crippen molar-refractivity contribution in [2.24, 2.45) is 7.05 Å². The number of hydrogen-bond donors (Lipinski definition) is 2. The van der Waals surface area contributed by atoms with Crippen molar-refractivity contribution in [2.75, 3.05) is 5.32 Å². The van der Waals surface area contributed by atoms with Crippen molar-refractivity contribution < 1.29 is 14.0 Å². The van der Waals surface area contributed by atoms with Gasteiger partial charge in [0.15, 0.2) is 0 Å². The van der Waals surface area contributed by atoms with Crippen LogP contribution in [0, 0.1) is 20.8 Å². The fourth-order valence-electron chi connectivity index (χ4n) is 3.21. The van der Waals surface area contributed by atoms with Crippen LogP contribution in [0.5, 0.6) is 0 Å². The lowest BCUT2D eigenvalue weighted by Gasteiger charge is -2.11. The maximum absolute atomic E-state index is 12.5. The predicted octanol–water partition coefficient (Wildman–Crippen LogP) is 3.44. The Kier molecular flexibility index (Phi) is 6.16. The quantitative estimate of drug-likeness (QED) is 0.642. The molecule has 7 heteroatoms. The lowest BCUT2D eigenvalue weighted by Crippen LogP contribution is -2.23. The van der Waals surface area contributed by atoms with Crippen LogP contribution in [0.15, 0.2) is 41.0 Å². The van der Waals surface area contributed by atoms with Gasteiger partial charge in [-0.1, -0.05) is 6.07 Å². The van der Waals surface area contributed by atoms with Gasteiger partial charge >= 0.3 is 0 Å². The van der Waals surface area contributed by atoms with Crippen molar-refractivity contribution in [3.05, 3.63) is 70.4 Å². The summed E-state index contributed by atoms with van der Waals surface area (Å²) in [5, 5.41) is 10.1. The average Bonchev–Trinajstić information content (AvgIpc) is 3.29. The van der Waals surface area contributed by atoms with Gasteiger partial charge in [-0.05, 0) is 62.6 Å². The number of amides is 2. The molecule has 0 aliphatic heterocycles. The van der Waals surface area contributed by atoms with Gasteiger partial charge in [-0.25, -0.2) is 0 Å². The highest BCUT2D eigenvalue weighted by Gasteiger charge is 2.13. The monoisotopic (exact) mass is 394 g/mol. The second-order valence-corrected chi connectivity index (χ2v) is 7.11. The molecule has 0 fully saturated rings. The van der Waals surface area contributed by atoms with Crippen LogP contribution in [0.1, 0.15) is 45.1 Å². The van der Waals surface area contributed by atoms with Crippen molar-refractivity contribution in [3.8, 4) is 0 Å². The lowest BCUT2D eigenvalue weighted by molar-refractivity contribution is -0.116. The number of benzene rings is 1. The van der Waals surface area contributed by atoms with Crippen LogP contribution in [-0.2, 0) is 24.8 Å². The van der Waals surface area contributed by atoms with Crippen LogP contribution in [0.4, 0.5) is 5.69 Å². The molecule has 2 N–H and O–H groups in total. The summed E-state index contributed by atoms with van der Waals surface area (Å²) in [6.07, 6.45) is 2.54. The minimum Gasteiger partial charge on any atom is -0.467 e. The van der Waals surface area contributed by atoms with E-state index in [9.17, 15) is 9.59 Å². The van der Waals surface area contributed by atoms with Gasteiger partial charge in [0, 0.05) is 30.4 Å². The van der Waals surface area contributed by atoms with E-state index in [4.69, 9.17) is 4.42 Å². The van der Waals surface area contributed by atoms with Gasteiger partial charge in [0.05, 0.1) is 18.5 Å². The first-order valence-electron chi connectivity index (χ1n) is 9.55. The fourth-order valence-corrected chi connectivity index (χ4v) is 3.21. The van der Waals surface area contributed by atoms with E-state index in [1.165, 1.54) is 0 Å². The third kappa shape index (κ3) is 4.93. The van der Waals surface area contributed by atoms with Crippen LogP contribution in [-0.4, -0.2) is 21.6 Å². The highest BCUT2D eigenvalue weighted by atomic mass is 16.3. The van der Waals surface area contributed by atoms with E-state index in [0.29, 0.717) is 36.4 Å². The smallest absolute Gasteiger partial charge is 0.251 e. The molecule has 7 nitrogen and oxygen atoms in total. The Morgan fingerprint density at radius 3 is 2.62 bits per heavy atom. The first-order chi connectivity index (χ1) is 13.8. The van der Waals surface area contributed by atoms with E-state index in [0.717, 1.165) is 22.5 Å². The zero-order valence-corrected chi connectivity index (χ0v) is 17.2. The molecule has 0 saturated carbocycles. The van der Waals surface area contributed by atoms with Gasteiger partial charge in [0.1, 0.15) is 5.76 Å². The van der Waals surface area contributed by atoms with E-state index in [2.05, 4.69) is 15.7 Å². The van der Waals surface area contributed by atoms with Gasteiger partial charge in [0.25, 0.3) is 5.91 Å². The van der Waals surface area contributed by atoms with E-state index in [1.54, 1.807) is 30.5 Å². The summed E-state index contributed by atoms with van der Waals surface area (Å²) < 4.78 is 7.05. The summed E-state index contributed by atoms with van der Waals surface area (Å²) >= 11 is 0. The highest BCUT2D eigenvalue weighted by molar-refractivity contribution is 5.97. The Morgan fingerprint density at radius 2 is 1.97 bits per heavy atom. The minimum absolute atomic E-state index is 0.0936. The van der Waals surface area contributed by atoms with Crippen LogP contribution in [0.25, 0.3) is 0 Å². The number of anilines is 1. The molecule has 0 bridgehead atoms. The van der Waals surface area contributed by atoms with Crippen molar-refractivity contribution in [3.63, 3.8) is 0 Å². The fraction of sp³-hybridized carbons (Fsp3) is 0.318. The van der Waals surface area contributed by atoms with Crippen LogP contribution in [0.3, 0.4) is 0 Å². The largest absolute Gasteiger partial charge is 0.467 e. The number of aryl methyl sites for hydroxylation is 3.